The third-order valence-electron chi connectivity index (χ3n) is 5.53. The molecule has 0 aliphatic carbocycles. The Hall–Kier alpha value is -2.40. The maximum Gasteiger partial charge on any atom is 0.256 e. The number of fused-ring (bicyclic) bond motifs is 2. The molecule has 2 saturated heterocycles. The van der Waals surface area contributed by atoms with Crippen LogP contribution in [0, 0.1) is 16.7 Å². The molecule has 27 heavy (non-hydrogen) atoms. The molecule has 142 valence electrons. The van der Waals surface area contributed by atoms with Crippen molar-refractivity contribution in [2.45, 2.75) is 36.4 Å². The van der Waals surface area contributed by atoms with Gasteiger partial charge in [0.2, 0.25) is 5.91 Å². The van der Waals surface area contributed by atoms with Crippen LogP contribution < -0.4 is 14.8 Å². The number of thioether (sulfide) groups is 1. The van der Waals surface area contributed by atoms with Gasteiger partial charge in [-0.25, -0.2) is 0 Å². The van der Waals surface area contributed by atoms with Crippen LogP contribution >= 0.6 is 11.8 Å². The molecular formula is C19H21N3O4S. The van der Waals surface area contributed by atoms with Gasteiger partial charge in [0.15, 0.2) is 16.4 Å². The fourth-order valence-corrected chi connectivity index (χ4v) is 6.10. The van der Waals surface area contributed by atoms with E-state index in [1.165, 1.54) is 11.8 Å². The van der Waals surface area contributed by atoms with E-state index in [2.05, 4.69) is 11.4 Å². The highest BCUT2D eigenvalue weighted by Crippen LogP contribution is 2.62. The minimum atomic E-state index is -1.08. The van der Waals surface area contributed by atoms with Gasteiger partial charge in [0.1, 0.15) is 13.2 Å². The van der Waals surface area contributed by atoms with Crippen molar-refractivity contribution in [2.75, 3.05) is 20.3 Å². The zero-order chi connectivity index (χ0) is 19.4. The molecule has 1 aromatic carbocycles. The van der Waals surface area contributed by atoms with Crippen LogP contribution in [0.3, 0.4) is 0 Å². The lowest BCUT2D eigenvalue weighted by Gasteiger charge is -2.34. The second kappa shape index (κ2) is 6.06. The van der Waals surface area contributed by atoms with Crippen molar-refractivity contribution >= 4 is 23.6 Å². The summed E-state index contributed by atoms with van der Waals surface area (Å²) in [5, 5.41) is 12.3. The van der Waals surface area contributed by atoms with E-state index in [9.17, 15) is 14.9 Å². The molecule has 7 nitrogen and oxygen atoms in total. The number of benzene rings is 1. The smallest absolute Gasteiger partial charge is 0.256 e. The van der Waals surface area contributed by atoms with E-state index in [0.717, 1.165) is 5.56 Å². The maximum absolute atomic E-state index is 13.0. The molecule has 8 heteroatoms. The fourth-order valence-electron chi connectivity index (χ4n) is 4.40. The largest absolute Gasteiger partial charge is 0.486 e. The normalized spacial score (nSPS) is 34.1. The van der Waals surface area contributed by atoms with Crippen LogP contribution in [0.4, 0.5) is 0 Å². The molecule has 4 rings (SSSR count). The minimum absolute atomic E-state index is 0.123. The number of hydrogen-bond acceptors (Lipinski definition) is 6. The van der Waals surface area contributed by atoms with E-state index >= 15 is 0 Å². The predicted molar refractivity (Wildman–Crippen MR) is 99.2 cm³/mol. The van der Waals surface area contributed by atoms with Crippen molar-refractivity contribution in [3.05, 3.63) is 23.8 Å². The molecule has 2 fully saturated rings. The summed E-state index contributed by atoms with van der Waals surface area (Å²) >= 11 is 1.33. The Morgan fingerprint density at radius 1 is 1.37 bits per heavy atom. The SMILES string of the molecule is CNC(=O)C12CC(C)(C#N)C(c3ccc4c(c3)OCCO4)N1C(=O)C(C)S2. The van der Waals surface area contributed by atoms with Crippen molar-refractivity contribution in [1.82, 2.24) is 10.2 Å². The Morgan fingerprint density at radius 2 is 2.07 bits per heavy atom. The van der Waals surface area contributed by atoms with Gasteiger partial charge in [0.25, 0.3) is 5.91 Å². The second-order valence-electron chi connectivity index (χ2n) is 7.34. The Kier molecular flexibility index (Phi) is 4.04. The Balaban J connectivity index is 1.86. The summed E-state index contributed by atoms with van der Waals surface area (Å²) in [7, 11) is 1.56. The van der Waals surface area contributed by atoms with Gasteiger partial charge in [-0.15, -0.1) is 11.8 Å². The first kappa shape index (κ1) is 18.0. The first-order valence-electron chi connectivity index (χ1n) is 8.90. The van der Waals surface area contributed by atoms with Gasteiger partial charge in [-0.05, 0) is 31.5 Å². The standard InChI is InChI=1S/C19H21N3O4S/c1-11-16(23)22-15(12-4-5-13-14(8-12)26-7-6-25-13)18(2,10-20)9-19(22,27-11)17(24)21-3/h4-5,8,11,15H,6-7,9H2,1-3H3,(H,21,24). The highest BCUT2D eigenvalue weighted by Gasteiger charge is 2.68. The summed E-state index contributed by atoms with van der Waals surface area (Å²) in [5.41, 5.74) is -0.129. The lowest BCUT2D eigenvalue weighted by Crippen LogP contribution is -2.50. The van der Waals surface area contributed by atoms with Gasteiger partial charge in [-0.1, -0.05) is 6.07 Å². The third-order valence-corrected chi connectivity index (χ3v) is 7.01. The number of amides is 2. The molecule has 3 aliphatic rings. The Bertz CT molecular complexity index is 869. The quantitative estimate of drug-likeness (QED) is 0.833. The predicted octanol–water partition coefficient (Wildman–Crippen LogP) is 1.84. The van der Waals surface area contributed by atoms with E-state index in [1.54, 1.807) is 24.9 Å². The molecule has 4 unspecified atom stereocenters. The number of ether oxygens (including phenoxy) is 2. The summed E-state index contributed by atoms with van der Waals surface area (Å²) in [6.45, 7) is 4.56. The zero-order valence-electron chi connectivity index (χ0n) is 15.4. The maximum atomic E-state index is 13.0. The number of nitrogens with one attached hydrogen (secondary N) is 1. The number of nitrogens with zero attached hydrogens (tertiary/aromatic N) is 2. The molecule has 0 radical (unpaired) electrons. The molecule has 4 atom stereocenters. The second-order valence-corrected chi connectivity index (χ2v) is 8.96. The summed E-state index contributed by atoms with van der Waals surface area (Å²) in [5.74, 6) is 0.882. The Morgan fingerprint density at radius 3 is 2.74 bits per heavy atom. The average molecular weight is 387 g/mol. The van der Waals surface area contributed by atoms with E-state index in [0.29, 0.717) is 24.7 Å². The highest BCUT2D eigenvalue weighted by atomic mass is 32.2. The fraction of sp³-hybridized carbons (Fsp3) is 0.526. The molecule has 0 spiro atoms. The molecule has 3 heterocycles. The minimum Gasteiger partial charge on any atom is -0.486 e. The third kappa shape index (κ3) is 2.41. The molecule has 0 aromatic heterocycles. The van der Waals surface area contributed by atoms with Crippen LogP contribution in [0.2, 0.25) is 0 Å². The van der Waals surface area contributed by atoms with Gasteiger partial charge in [-0.3, -0.25) is 9.59 Å². The summed E-state index contributed by atoms with van der Waals surface area (Å²) in [6, 6.07) is 7.33. The van der Waals surface area contributed by atoms with Crippen molar-refractivity contribution in [1.29, 1.82) is 5.26 Å². The van der Waals surface area contributed by atoms with Crippen LogP contribution in [-0.2, 0) is 9.59 Å². The topological polar surface area (TPSA) is 91.7 Å². The first-order valence-corrected chi connectivity index (χ1v) is 9.78. The lowest BCUT2D eigenvalue weighted by atomic mass is 9.79. The highest BCUT2D eigenvalue weighted by molar-refractivity contribution is 8.03. The average Bonchev–Trinajstić information content (AvgIpc) is 3.09. The van der Waals surface area contributed by atoms with Crippen LogP contribution in [-0.4, -0.2) is 47.1 Å². The molecule has 1 aromatic rings. The number of likely N-dealkylation sites (N-methyl/N-ethyl adjacent to an activating group) is 1. The van der Waals surface area contributed by atoms with Gasteiger partial charge in [0.05, 0.1) is 22.8 Å². The van der Waals surface area contributed by atoms with Crippen molar-refractivity contribution in [3.63, 3.8) is 0 Å². The summed E-state index contributed by atoms with van der Waals surface area (Å²) < 4.78 is 11.3. The van der Waals surface area contributed by atoms with Crippen LogP contribution in [0.15, 0.2) is 18.2 Å². The van der Waals surface area contributed by atoms with Gasteiger partial charge in [0, 0.05) is 13.5 Å². The van der Waals surface area contributed by atoms with Crippen LogP contribution in [0.25, 0.3) is 0 Å². The molecule has 3 aliphatic heterocycles. The van der Waals surface area contributed by atoms with Crippen molar-refractivity contribution in [3.8, 4) is 17.6 Å². The van der Waals surface area contributed by atoms with Crippen molar-refractivity contribution < 1.29 is 19.1 Å². The van der Waals surface area contributed by atoms with Crippen molar-refractivity contribution in [2.24, 2.45) is 5.41 Å². The lowest BCUT2D eigenvalue weighted by molar-refractivity contribution is -0.139. The van der Waals surface area contributed by atoms with E-state index in [4.69, 9.17) is 9.47 Å². The molecule has 2 amide bonds. The molecular weight excluding hydrogens is 366 g/mol. The monoisotopic (exact) mass is 387 g/mol. The zero-order valence-corrected chi connectivity index (χ0v) is 16.3. The Labute approximate surface area is 162 Å². The first-order chi connectivity index (χ1) is 12.9. The van der Waals surface area contributed by atoms with Gasteiger partial charge >= 0.3 is 0 Å². The number of carbonyl (C=O) groups is 2. The van der Waals surface area contributed by atoms with Gasteiger partial charge in [-0.2, -0.15) is 5.26 Å². The summed E-state index contributed by atoms with van der Waals surface area (Å²) in [4.78, 5) is 26.4. The summed E-state index contributed by atoms with van der Waals surface area (Å²) in [6.07, 6.45) is 0.274. The number of nitriles is 1. The van der Waals surface area contributed by atoms with E-state index in [1.807, 2.05) is 19.1 Å². The number of hydrogen-bond donors (Lipinski definition) is 1. The molecule has 0 bridgehead atoms. The molecule has 0 saturated carbocycles. The van der Waals surface area contributed by atoms with Crippen LogP contribution in [0.1, 0.15) is 31.9 Å². The van der Waals surface area contributed by atoms with E-state index in [-0.39, 0.29) is 23.5 Å². The molecule has 1 N–H and O–H groups in total. The van der Waals surface area contributed by atoms with E-state index < -0.39 is 16.3 Å². The van der Waals surface area contributed by atoms with Crippen LogP contribution in [0.5, 0.6) is 11.5 Å². The number of rotatable bonds is 2. The number of carbonyl (C=O) groups excluding carboxylic acids is 2. The van der Waals surface area contributed by atoms with Gasteiger partial charge < -0.3 is 19.7 Å².